The average Bonchev–Trinajstić information content (AvgIpc) is 3.05. The molecule has 0 aromatic heterocycles. The van der Waals surface area contributed by atoms with Crippen molar-refractivity contribution in [2.45, 2.75) is 36.6 Å². The van der Waals surface area contributed by atoms with E-state index in [0.29, 0.717) is 0 Å². The van der Waals surface area contributed by atoms with Gasteiger partial charge in [-0.15, -0.1) is 0 Å². The summed E-state index contributed by atoms with van der Waals surface area (Å²) in [6, 6.07) is 12.5. The van der Waals surface area contributed by atoms with Crippen molar-refractivity contribution in [3.8, 4) is 0 Å². The maximum Gasteiger partial charge on any atom is 0.243 e. The second-order valence-corrected chi connectivity index (χ2v) is 7.85. The van der Waals surface area contributed by atoms with Gasteiger partial charge in [0.05, 0.1) is 11.4 Å². The van der Waals surface area contributed by atoms with Crippen molar-refractivity contribution < 1.29 is 13.2 Å². The van der Waals surface area contributed by atoms with Crippen LogP contribution < -0.4 is 5.73 Å². The summed E-state index contributed by atoms with van der Waals surface area (Å²) < 4.78 is 27.3. The van der Waals surface area contributed by atoms with E-state index in [1.165, 1.54) is 4.31 Å². The minimum Gasteiger partial charge on any atom is -0.369 e. The van der Waals surface area contributed by atoms with E-state index in [1.807, 2.05) is 24.3 Å². The molecule has 2 aromatic rings. The number of amides is 1. The molecule has 3 rings (SSSR count). The Labute approximate surface area is 136 Å². The predicted molar refractivity (Wildman–Crippen MR) is 89.3 cm³/mol. The van der Waals surface area contributed by atoms with E-state index < -0.39 is 15.9 Å². The van der Waals surface area contributed by atoms with E-state index >= 15 is 0 Å². The molecular weight excluding hydrogens is 312 g/mol. The first-order valence-corrected chi connectivity index (χ1v) is 9.21. The Morgan fingerprint density at radius 3 is 2.39 bits per heavy atom. The largest absolute Gasteiger partial charge is 0.369 e. The van der Waals surface area contributed by atoms with E-state index in [4.69, 9.17) is 5.73 Å². The van der Waals surface area contributed by atoms with E-state index in [9.17, 15) is 13.2 Å². The molecule has 1 amide bonds. The minimum atomic E-state index is -3.74. The first-order valence-electron chi connectivity index (χ1n) is 7.77. The lowest BCUT2D eigenvalue weighted by Gasteiger charge is -2.27. The van der Waals surface area contributed by atoms with Crippen molar-refractivity contribution in [1.82, 2.24) is 4.31 Å². The Hall–Kier alpha value is -1.92. The molecule has 2 N–H and O–H groups in total. The summed E-state index contributed by atoms with van der Waals surface area (Å²) in [7, 11) is -3.74. The van der Waals surface area contributed by atoms with Crippen molar-refractivity contribution in [3.63, 3.8) is 0 Å². The summed E-state index contributed by atoms with van der Waals surface area (Å²) in [5.41, 5.74) is 5.28. The van der Waals surface area contributed by atoms with Crippen LogP contribution >= 0.6 is 0 Å². The lowest BCUT2D eigenvalue weighted by atomic mass is 10.1. The van der Waals surface area contributed by atoms with Crippen LogP contribution in [0.2, 0.25) is 0 Å². The molecule has 1 saturated carbocycles. The Kier molecular flexibility index (Phi) is 4.37. The van der Waals surface area contributed by atoms with Gasteiger partial charge >= 0.3 is 0 Å². The Balaban J connectivity index is 2.02. The summed E-state index contributed by atoms with van der Waals surface area (Å²) in [6.45, 7) is -0.264. The van der Waals surface area contributed by atoms with Crippen LogP contribution in [0.4, 0.5) is 0 Å². The molecule has 0 aliphatic heterocycles. The van der Waals surface area contributed by atoms with Crippen LogP contribution in [0.5, 0.6) is 0 Å². The number of nitrogens with zero attached hydrogens (tertiary/aromatic N) is 1. The molecule has 122 valence electrons. The fourth-order valence-corrected chi connectivity index (χ4v) is 4.91. The van der Waals surface area contributed by atoms with Crippen LogP contribution in [0.25, 0.3) is 10.8 Å². The SMILES string of the molecule is NC(=O)CN(C1CCCC1)S(=O)(=O)c1ccc2ccccc2c1. The van der Waals surface area contributed by atoms with Gasteiger partial charge in [-0.25, -0.2) is 8.42 Å². The van der Waals surface area contributed by atoms with Crippen molar-refractivity contribution in [1.29, 1.82) is 0 Å². The maximum atomic E-state index is 13.0. The van der Waals surface area contributed by atoms with Crippen molar-refractivity contribution in [3.05, 3.63) is 42.5 Å². The van der Waals surface area contributed by atoms with Crippen LogP contribution in [-0.4, -0.2) is 31.2 Å². The Bertz CT molecular complexity index is 827. The highest BCUT2D eigenvalue weighted by atomic mass is 32.2. The molecule has 1 fully saturated rings. The molecule has 1 aliphatic carbocycles. The third-order valence-corrected chi connectivity index (χ3v) is 6.27. The zero-order chi connectivity index (χ0) is 16.4. The average molecular weight is 332 g/mol. The Morgan fingerprint density at radius 1 is 1.09 bits per heavy atom. The number of benzene rings is 2. The van der Waals surface area contributed by atoms with Gasteiger partial charge in [0, 0.05) is 6.04 Å². The van der Waals surface area contributed by atoms with Crippen LogP contribution in [0.3, 0.4) is 0 Å². The zero-order valence-electron chi connectivity index (χ0n) is 12.8. The topological polar surface area (TPSA) is 80.5 Å². The van der Waals surface area contributed by atoms with Gasteiger partial charge in [0.25, 0.3) is 0 Å². The van der Waals surface area contributed by atoms with Gasteiger partial charge in [0.2, 0.25) is 15.9 Å². The molecule has 6 heteroatoms. The number of nitrogens with two attached hydrogens (primary N) is 1. The van der Waals surface area contributed by atoms with Gasteiger partial charge in [-0.2, -0.15) is 4.31 Å². The first kappa shape index (κ1) is 16.0. The van der Waals surface area contributed by atoms with Crippen LogP contribution in [-0.2, 0) is 14.8 Å². The molecule has 1 aliphatic rings. The molecule has 5 nitrogen and oxygen atoms in total. The van der Waals surface area contributed by atoms with E-state index in [1.54, 1.807) is 18.2 Å². The van der Waals surface area contributed by atoms with Crippen LogP contribution in [0.15, 0.2) is 47.4 Å². The van der Waals surface area contributed by atoms with E-state index in [2.05, 4.69) is 0 Å². The van der Waals surface area contributed by atoms with Gasteiger partial charge in [-0.3, -0.25) is 4.79 Å². The third-order valence-electron chi connectivity index (χ3n) is 4.37. The number of hydrogen-bond donors (Lipinski definition) is 1. The lowest BCUT2D eigenvalue weighted by molar-refractivity contribution is -0.118. The molecule has 0 bridgehead atoms. The molecule has 0 radical (unpaired) electrons. The third kappa shape index (κ3) is 3.23. The normalized spacial score (nSPS) is 16.2. The van der Waals surface area contributed by atoms with Gasteiger partial charge in [0.1, 0.15) is 0 Å². The maximum absolute atomic E-state index is 13.0. The summed E-state index contributed by atoms with van der Waals surface area (Å²) in [5, 5.41) is 1.84. The second-order valence-electron chi connectivity index (χ2n) is 5.96. The van der Waals surface area contributed by atoms with Crippen LogP contribution in [0, 0.1) is 0 Å². The molecule has 0 heterocycles. The number of carbonyl (C=O) groups excluding carboxylic acids is 1. The molecule has 0 spiro atoms. The highest BCUT2D eigenvalue weighted by molar-refractivity contribution is 7.89. The smallest absolute Gasteiger partial charge is 0.243 e. The highest BCUT2D eigenvalue weighted by Crippen LogP contribution is 2.29. The predicted octanol–water partition coefficient (Wildman–Crippen LogP) is 2.26. The zero-order valence-corrected chi connectivity index (χ0v) is 13.6. The van der Waals surface area contributed by atoms with Crippen molar-refractivity contribution >= 4 is 26.7 Å². The molecule has 23 heavy (non-hydrogen) atoms. The summed E-state index contributed by atoms with van der Waals surface area (Å²) in [4.78, 5) is 11.6. The van der Waals surface area contributed by atoms with Gasteiger partial charge in [0.15, 0.2) is 0 Å². The fraction of sp³-hybridized carbons (Fsp3) is 0.353. The first-order chi connectivity index (χ1) is 11.0. The molecule has 0 saturated heterocycles. The van der Waals surface area contributed by atoms with Crippen molar-refractivity contribution in [2.24, 2.45) is 5.73 Å². The molecule has 0 atom stereocenters. The van der Waals surface area contributed by atoms with Gasteiger partial charge in [-0.1, -0.05) is 43.2 Å². The Morgan fingerprint density at radius 2 is 1.74 bits per heavy atom. The summed E-state index contributed by atoms with van der Waals surface area (Å²) in [6.07, 6.45) is 3.51. The monoisotopic (exact) mass is 332 g/mol. The lowest BCUT2D eigenvalue weighted by Crippen LogP contribution is -2.44. The highest BCUT2D eigenvalue weighted by Gasteiger charge is 2.34. The molecular formula is C17H20N2O3S. The second kappa shape index (κ2) is 6.29. The van der Waals surface area contributed by atoms with Gasteiger partial charge in [-0.05, 0) is 35.7 Å². The number of rotatable bonds is 5. The number of hydrogen-bond acceptors (Lipinski definition) is 3. The fourth-order valence-electron chi connectivity index (χ4n) is 3.22. The van der Waals surface area contributed by atoms with Crippen molar-refractivity contribution in [2.75, 3.05) is 6.54 Å². The van der Waals surface area contributed by atoms with Gasteiger partial charge < -0.3 is 5.73 Å². The number of carbonyl (C=O) groups is 1. The number of sulfonamides is 1. The van der Waals surface area contributed by atoms with Crippen LogP contribution in [0.1, 0.15) is 25.7 Å². The van der Waals surface area contributed by atoms with E-state index in [0.717, 1.165) is 36.5 Å². The summed E-state index contributed by atoms with van der Waals surface area (Å²) in [5.74, 6) is -0.624. The quantitative estimate of drug-likeness (QED) is 0.912. The number of fused-ring (bicyclic) bond motifs is 1. The van der Waals surface area contributed by atoms with E-state index in [-0.39, 0.29) is 17.5 Å². The molecule has 2 aromatic carbocycles. The minimum absolute atomic E-state index is 0.140. The molecule has 0 unspecified atom stereocenters. The summed E-state index contributed by atoms with van der Waals surface area (Å²) >= 11 is 0. The number of primary amides is 1. The standard InChI is InChI=1S/C17H20N2O3S/c18-17(20)12-19(15-7-3-4-8-15)23(21,22)16-10-9-13-5-1-2-6-14(13)11-16/h1-2,5-6,9-11,15H,3-4,7-8,12H2,(H2,18,20).